The fourth-order valence-corrected chi connectivity index (χ4v) is 3.93. The second-order valence-corrected chi connectivity index (χ2v) is 6.64. The Kier molecular flexibility index (Phi) is 4.57. The van der Waals surface area contributed by atoms with Crippen LogP contribution in [-0.4, -0.2) is 28.6 Å². The maximum absolute atomic E-state index is 12.1. The molecule has 2 aromatic heterocycles. The van der Waals surface area contributed by atoms with Gasteiger partial charge in [0.25, 0.3) is 0 Å². The van der Waals surface area contributed by atoms with Gasteiger partial charge in [-0.15, -0.1) is 11.3 Å². The molecule has 22 heavy (non-hydrogen) atoms. The number of anilines is 1. The van der Waals surface area contributed by atoms with Gasteiger partial charge < -0.3 is 10.1 Å². The molecule has 0 radical (unpaired) electrons. The molecule has 1 aliphatic carbocycles. The van der Waals surface area contributed by atoms with Gasteiger partial charge in [0.1, 0.15) is 17.0 Å². The van der Waals surface area contributed by atoms with Crippen LogP contribution in [0.2, 0.25) is 0 Å². The number of esters is 1. The Hall–Kier alpha value is -1.69. The van der Waals surface area contributed by atoms with E-state index in [-0.39, 0.29) is 5.97 Å². The van der Waals surface area contributed by atoms with Crippen LogP contribution in [-0.2, 0) is 4.74 Å². The Bertz CT molecular complexity index is 670. The summed E-state index contributed by atoms with van der Waals surface area (Å²) in [7, 11) is 0. The molecule has 1 fully saturated rings. The van der Waals surface area contributed by atoms with E-state index in [1.165, 1.54) is 30.6 Å². The van der Waals surface area contributed by atoms with Crippen molar-refractivity contribution in [2.45, 2.75) is 45.6 Å². The fraction of sp³-hybridized carbons (Fsp3) is 0.562. The molecular weight excluding hydrogens is 298 g/mol. The average Bonchev–Trinajstić information content (AvgIpc) is 2.95. The summed E-state index contributed by atoms with van der Waals surface area (Å²) in [6, 6.07) is 0.404. The lowest BCUT2D eigenvalue weighted by Crippen LogP contribution is -2.30. The van der Waals surface area contributed by atoms with Gasteiger partial charge in [0, 0.05) is 11.4 Å². The molecule has 5 nitrogen and oxygen atoms in total. The van der Waals surface area contributed by atoms with E-state index >= 15 is 0 Å². The van der Waals surface area contributed by atoms with Crippen LogP contribution in [0.4, 0.5) is 5.82 Å². The normalized spacial score (nSPS) is 21.7. The highest BCUT2D eigenvalue weighted by atomic mass is 32.1. The number of thiophene rings is 1. The lowest BCUT2D eigenvalue weighted by molar-refractivity contribution is 0.0529. The Labute approximate surface area is 134 Å². The van der Waals surface area contributed by atoms with Gasteiger partial charge in [-0.1, -0.05) is 19.8 Å². The molecule has 6 heteroatoms. The van der Waals surface area contributed by atoms with Gasteiger partial charge in [-0.05, 0) is 25.7 Å². The monoisotopic (exact) mass is 319 g/mol. The number of fused-ring (bicyclic) bond motifs is 1. The highest BCUT2D eigenvalue weighted by Crippen LogP contribution is 2.33. The predicted molar refractivity (Wildman–Crippen MR) is 88.4 cm³/mol. The molecule has 0 saturated heterocycles. The summed E-state index contributed by atoms with van der Waals surface area (Å²) in [5.74, 6) is 1.07. The number of aromatic nitrogens is 2. The van der Waals surface area contributed by atoms with E-state index in [0.29, 0.717) is 24.1 Å². The minimum absolute atomic E-state index is 0.303. The third kappa shape index (κ3) is 2.92. The Morgan fingerprint density at radius 1 is 1.41 bits per heavy atom. The number of hydrogen-bond donors (Lipinski definition) is 1. The SMILES string of the molecule is CCOC(=O)c1csc2ncnc(NC3CCCCC3C)c12. The van der Waals surface area contributed by atoms with Gasteiger partial charge in [-0.3, -0.25) is 0 Å². The number of hydrogen-bond acceptors (Lipinski definition) is 6. The first-order valence-electron chi connectivity index (χ1n) is 7.86. The maximum Gasteiger partial charge on any atom is 0.339 e. The summed E-state index contributed by atoms with van der Waals surface area (Å²) in [6.45, 7) is 4.45. The van der Waals surface area contributed by atoms with Gasteiger partial charge in [0.2, 0.25) is 0 Å². The van der Waals surface area contributed by atoms with Crippen LogP contribution < -0.4 is 5.32 Å². The van der Waals surface area contributed by atoms with E-state index in [2.05, 4.69) is 22.2 Å². The average molecular weight is 319 g/mol. The molecule has 1 N–H and O–H groups in total. The van der Waals surface area contributed by atoms with Gasteiger partial charge in [0.15, 0.2) is 0 Å². The summed E-state index contributed by atoms with van der Waals surface area (Å²) >= 11 is 1.45. The van der Waals surface area contributed by atoms with E-state index in [4.69, 9.17) is 4.74 Å². The number of nitrogens with one attached hydrogen (secondary N) is 1. The molecule has 0 aliphatic heterocycles. The molecule has 2 unspecified atom stereocenters. The largest absolute Gasteiger partial charge is 0.462 e. The van der Waals surface area contributed by atoms with Crippen molar-refractivity contribution in [1.29, 1.82) is 0 Å². The minimum Gasteiger partial charge on any atom is -0.462 e. The van der Waals surface area contributed by atoms with Crippen LogP contribution in [0.5, 0.6) is 0 Å². The van der Waals surface area contributed by atoms with Crippen LogP contribution in [0.15, 0.2) is 11.7 Å². The number of nitrogens with zero attached hydrogens (tertiary/aromatic N) is 2. The van der Waals surface area contributed by atoms with Crippen LogP contribution in [0.25, 0.3) is 10.2 Å². The smallest absolute Gasteiger partial charge is 0.339 e. The molecule has 2 aromatic rings. The van der Waals surface area contributed by atoms with Gasteiger partial charge in [-0.2, -0.15) is 0 Å². The van der Waals surface area contributed by atoms with Crippen LogP contribution in [0.1, 0.15) is 49.9 Å². The second kappa shape index (κ2) is 6.60. The Morgan fingerprint density at radius 3 is 3.00 bits per heavy atom. The lowest BCUT2D eigenvalue weighted by Gasteiger charge is -2.30. The third-order valence-corrected chi connectivity index (χ3v) is 5.19. The lowest BCUT2D eigenvalue weighted by atomic mass is 9.86. The van der Waals surface area contributed by atoms with Crippen molar-refractivity contribution in [3.05, 3.63) is 17.3 Å². The summed E-state index contributed by atoms with van der Waals surface area (Å²) < 4.78 is 5.14. The number of rotatable bonds is 4. The highest BCUT2D eigenvalue weighted by molar-refractivity contribution is 7.17. The second-order valence-electron chi connectivity index (χ2n) is 5.78. The topological polar surface area (TPSA) is 64.1 Å². The summed E-state index contributed by atoms with van der Waals surface area (Å²) in [4.78, 5) is 21.6. The van der Waals surface area contributed by atoms with E-state index in [0.717, 1.165) is 22.5 Å². The van der Waals surface area contributed by atoms with Crippen molar-refractivity contribution in [3.63, 3.8) is 0 Å². The fourth-order valence-electron chi connectivity index (χ4n) is 3.05. The molecule has 2 heterocycles. The van der Waals surface area contributed by atoms with Crippen molar-refractivity contribution >= 4 is 33.3 Å². The zero-order valence-electron chi connectivity index (χ0n) is 13.0. The van der Waals surface area contributed by atoms with Gasteiger partial charge in [0.05, 0.1) is 17.6 Å². The van der Waals surface area contributed by atoms with Gasteiger partial charge in [-0.25, -0.2) is 14.8 Å². The Balaban J connectivity index is 1.94. The molecule has 0 spiro atoms. The molecule has 0 bridgehead atoms. The number of ether oxygens (including phenoxy) is 1. The first-order valence-corrected chi connectivity index (χ1v) is 8.74. The molecule has 1 saturated carbocycles. The zero-order valence-corrected chi connectivity index (χ0v) is 13.8. The minimum atomic E-state index is -0.303. The van der Waals surface area contributed by atoms with Crippen molar-refractivity contribution in [2.24, 2.45) is 5.92 Å². The van der Waals surface area contributed by atoms with E-state index < -0.39 is 0 Å². The first-order chi connectivity index (χ1) is 10.7. The molecule has 118 valence electrons. The first kappa shape index (κ1) is 15.2. The molecule has 3 rings (SSSR count). The summed E-state index contributed by atoms with van der Waals surface area (Å²) in [5, 5.41) is 6.15. The number of carbonyl (C=O) groups excluding carboxylic acids is 1. The summed E-state index contributed by atoms with van der Waals surface area (Å²) in [6.07, 6.45) is 6.48. The molecule has 2 atom stereocenters. The van der Waals surface area contributed by atoms with E-state index in [9.17, 15) is 4.79 Å². The van der Waals surface area contributed by atoms with E-state index in [1.54, 1.807) is 6.33 Å². The van der Waals surface area contributed by atoms with Crippen molar-refractivity contribution < 1.29 is 9.53 Å². The number of carbonyl (C=O) groups is 1. The third-order valence-electron chi connectivity index (χ3n) is 4.30. The highest BCUT2D eigenvalue weighted by Gasteiger charge is 2.24. The molecule has 1 aliphatic rings. The molecular formula is C16H21N3O2S. The maximum atomic E-state index is 12.1. The molecule has 0 amide bonds. The Morgan fingerprint density at radius 2 is 2.23 bits per heavy atom. The van der Waals surface area contributed by atoms with Crippen LogP contribution >= 0.6 is 11.3 Å². The zero-order chi connectivity index (χ0) is 15.5. The van der Waals surface area contributed by atoms with Crippen molar-refractivity contribution in [2.75, 3.05) is 11.9 Å². The van der Waals surface area contributed by atoms with E-state index in [1.807, 2.05) is 12.3 Å². The quantitative estimate of drug-likeness (QED) is 0.867. The van der Waals surface area contributed by atoms with Crippen LogP contribution in [0.3, 0.4) is 0 Å². The van der Waals surface area contributed by atoms with Crippen LogP contribution in [0, 0.1) is 5.92 Å². The van der Waals surface area contributed by atoms with Gasteiger partial charge >= 0.3 is 5.97 Å². The van der Waals surface area contributed by atoms with Crippen molar-refractivity contribution in [3.8, 4) is 0 Å². The predicted octanol–water partition coefficient (Wildman–Crippen LogP) is 3.86. The van der Waals surface area contributed by atoms with Crippen molar-refractivity contribution in [1.82, 2.24) is 9.97 Å². The molecule has 0 aromatic carbocycles. The standard InChI is InChI=1S/C16H21N3O2S/c1-3-21-16(20)11-8-22-15-13(11)14(17-9-18-15)19-12-7-5-4-6-10(12)2/h8-10,12H,3-7H2,1-2H3,(H,17,18,19). The summed E-state index contributed by atoms with van der Waals surface area (Å²) in [5.41, 5.74) is 0.563.